The van der Waals surface area contributed by atoms with Crippen molar-refractivity contribution in [2.45, 2.75) is 0 Å². The number of imide groups is 2. The number of barbiturate groups is 1. The van der Waals surface area contributed by atoms with Gasteiger partial charge in [-0.15, -0.1) is 0 Å². The van der Waals surface area contributed by atoms with Crippen molar-refractivity contribution >= 4 is 35.3 Å². The Morgan fingerprint density at radius 2 is 1.53 bits per heavy atom. The van der Waals surface area contributed by atoms with Crippen LogP contribution in [0.15, 0.2) is 78.5 Å². The number of carbonyl (C=O) groups excluding carboxylic acids is 3. The van der Waals surface area contributed by atoms with Crippen LogP contribution in [0.25, 0.3) is 11.8 Å². The van der Waals surface area contributed by atoms with Gasteiger partial charge in [-0.2, -0.15) is 0 Å². The number of hydrogen-bond donors (Lipinski definition) is 1. The van der Waals surface area contributed by atoms with Crippen LogP contribution in [0.3, 0.4) is 0 Å². The molecule has 0 aliphatic carbocycles. The fourth-order valence-electron chi connectivity index (χ4n) is 3.28. The molecule has 4 amide bonds. The summed E-state index contributed by atoms with van der Waals surface area (Å²) < 4.78 is 1.87. The summed E-state index contributed by atoms with van der Waals surface area (Å²) >= 11 is 0. The summed E-state index contributed by atoms with van der Waals surface area (Å²) in [6, 6.07) is 19.3. The molecule has 0 atom stereocenters. The fraction of sp³-hybridized carbons (Fsp3) is 0.0870. The molecule has 1 fully saturated rings. The number of anilines is 2. The van der Waals surface area contributed by atoms with E-state index in [9.17, 15) is 14.4 Å². The average Bonchev–Trinajstić information content (AvgIpc) is 3.20. The number of carbonyl (C=O) groups is 3. The monoisotopic (exact) mass is 400 g/mol. The minimum Gasteiger partial charge on any atom is -0.378 e. The van der Waals surface area contributed by atoms with Gasteiger partial charge in [0.05, 0.1) is 5.69 Å². The highest BCUT2D eigenvalue weighted by molar-refractivity contribution is 6.39. The second-order valence-electron chi connectivity index (χ2n) is 7.01. The van der Waals surface area contributed by atoms with Gasteiger partial charge >= 0.3 is 6.03 Å². The number of nitrogens with one attached hydrogen (secondary N) is 1. The van der Waals surface area contributed by atoms with Crippen LogP contribution < -0.4 is 15.1 Å². The molecule has 0 radical (unpaired) electrons. The Hall–Kier alpha value is -4.13. The Morgan fingerprint density at radius 1 is 0.833 bits per heavy atom. The quantitative estimate of drug-likeness (QED) is 0.539. The van der Waals surface area contributed by atoms with Gasteiger partial charge in [-0.05, 0) is 54.6 Å². The molecule has 1 saturated heterocycles. The predicted octanol–water partition coefficient (Wildman–Crippen LogP) is 3.21. The van der Waals surface area contributed by atoms with Gasteiger partial charge in [0.2, 0.25) is 0 Å². The highest BCUT2D eigenvalue weighted by Gasteiger charge is 2.36. The van der Waals surface area contributed by atoms with E-state index in [0.29, 0.717) is 11.4 Å². The number of amides is 4. The lowest BCUT2D eigenvalue weighted by Crippen LogP contribution is -2.54. The fourth-order valence-corrected chi connectivity index (χ4v) is 3.28. The molecule has 2 aromatic carbocycles. The number of urea groups is 1. The lowest BCUT2D eigenvalue weighted by atomic mass is 10.1. The lowest BCUT2D eigenvalue weighted by Gasteiger charge is -2.26. The minimum atomic E-state index is -0.761. The number of aromatic nitrogens is 1. The molecular formula is C23H20N4O3. The zero-order valence-corrected chi connectivity index (χ0v) is 16.6. The maximum atomic E-state index is 13.0. The Morgan fingerprint density at radius 3 is 2.20 bits per heavy atom. The summed E-state index contributed by atoms with van der Waals surface area (Å²) in [5.74, 6) is -1.38. The molecule has 0 spiro atoms. The highest BCUT2D eigenvalue weighted by Crippen LogP contribution is 2.23. The van der Waals surface area contributed by atoms with Gasteiger partial charge in [-0.25, -0.2) is 9.69 Å². The van der Waals surface area contributed by atoms with Gasteiger partial charge in [-0.3, -0.25) is 14.9 Å². The van der Waals surface area contributed by atoms with E-state index in [4.69, 9.17) is 0 Å². The molecule has 7 heteroatoms. The van der Waals surface area contributed by atoms with E-state index < -0.39 is 17.8 Å². The molecular weight excluding hydrogens is 380 g/mol. The van der Waals surface area contributed by atoms with Crippen molar-refractivity contribution in [2.24, 2.45) is 0 Å². The maximum Gasteiger partial charge on any atom is 0.335 e. The van der Waals surface area contributed by atoms with Crippen LogP contribution in [0.4, 0.5) is 16.2 Å². The van der Waals surface area contributed by atoms with Crippen molar-refractivity contribution in [3.05, 3.63) is 84.2 Å². The van der Waals surface area contributed by atoms with E-state index in [-0.39, 0.29) is 5.57 Å². The zero-order valence-electron chi connectivity index (χ0n) is 16.6. The molecule has 1 aliphatic heterocycles. The van der Waals surface area contributed by atoms with Crippen LogP contribution in [0, 0.1) is 0 Å². The third kappa shape index (κ3) is 3.48. The highest BCUT2D eigenvalue weighted by atomic mass is 16.2. The Labute approximate surface area is 173 Å². The van der Waals surface area contributed by atoms with Gasteiger partial charge in [0.1, 0.15) is 5.57 Å². The average molecular weight is 400 g/mol. The SMILES string of the molecule is CN(C)c1ccc(-n2cccc2/C=C2\C(=O)NC(=O)N(c3ccccc3)C2=O)cc1. The Balaban J connectivity index is 1.71. The Bertz CT molecular complexity index is 1140. The van der Waals surface area contributed by atoms with Gasteiger partial charge in [0.15, 0.2) is 0 Å². The van der Waals surface area contributed by atoms with Gasteiger partial charge in [0.25, 0.3) is 11.8 Å². The summed E-state index contributed by atoms with van der Waals surface area (Å²) in [4.78, 5) is 40.7. The first-order chi connectivity index (χ1) is 14.5. The first-order valence-electron chi connectivity index (χ1n) is 9.37. The van der Waals surface area contributed by atoms with Crippen molar-refractivity contribution in [1.82, 2.24) is 9.88 Å². The van der Waals surface area contributed by atoms with E-state index in [1.165, 1.54) is 6.08 Å². The summed E-state index contributed by atoms with van der Waals surface area (Å²) in [6.45, 7) is 0. The van der Waals surface area contributed by atoms with E-state index in [2.05, 4.69) is 5.32 Å². The molecule has 2 heterocycles. The predicted molar refractivity (Wildman–Crippen MR) is 116 cm³/mol. The molecule has 0 bridgehead atoms. The number of rotatable bonds is 4. The summed E-state index contributed by atoms with van der Waals surface area (Å²) in [7, 11) is 3.93. The standard InChI is InChI=1S/C23H20N4O3/c1-25(2)16-10-12-17(13-11-16)26-14-6-9-19(26)15-20-21(28)24-23(30)27(22(20)29)18-7-4-3-5-8-18/h3-15H,1-2H3,(H,24,28,30)/b20-15+. The van der Waals surface area contributed by atoms with Gasteiger partial charge in [0, 0.05) is 37.4 Å². The van der Waals surface area contributed by atoms with Crippen molar-refractivity contribution in [3.63, 3.8) is 0 Å². The zero-order chi connectivity index (χ0) is 21.3. The number of nitrogens with zero attached hydrogens (tertiary/aromatic N) is 3. The van der Waals surface area contributed by atoms with Crippen LogP contribution in [0.5, 0.6) is 0 Å². The molecule has 1 N–H and O–H groups in total. The molecule has 1 aliphatic rings. The van der Waals surface area contributed by atoms with Gasteiger partial charge in [-0.1, -0.05) is 18.2 Å². The van der Waals surface area contributed by atoms with Crippen molar-refractivity contribution in [1.29, 1.82) is 0 Å². The summed E-state index contributed by atoms with van der Waals surface area (Å²) in [6.07, 6.45) is 3.35. The third-order valence-corrected chi connectivity index (χ3v) is 4.83. The number of hydrogen-bond acceptors (Lipinski definition) is 4. The minimum absolute atomic E-state index is 0.108. The largest absolute Gasteiger partial charge is 0.378 e. The van der Waals surface area contributed by atoms with Crippen LogP contribution in [0.1, 0.15) is 5.69 Å². The van der Waals surface area contributed by atoms with Gasteiger partial charge < -0.3 is 9.47 Å². The second kappa shape index (κ2) is 7.71. The first-order valence-corrected chi connectivity index (χ1v) is 9.37. The summed E-state index contributed by atoms with van der Waals surface area (Å²) in [5, 5.41) is 2.24. The molecule has 1 aromatic heterocycles. The smallest absolute Gasteiger partial charge is 0.335 e. The van der Waals surface area contributed by atoms with Crippen LogP contribution in [-0.4, -0.2) is 36.5 Å². The van der Waals surface area contributed by atoms with Crippen molar-refractivity contribution in [3.8, 4) is 5.69 Å². The van der Waals surface area contributed by atoms with Crippen molar-refractivity contribution in [2.75, 3.05) is 23.9 Å². The second-order valence-corrected chi connectivity index (χ2v) is 7.01. The maximum absolute atomic E-state index is 13.0. The molecule has 0 saturated carbocycles. The third-order valence-electron chi connectivity index (χ3n) is 4.83. The normalized spacial score (nSPS) is 15.5. The molecule has 7 nitrogen and oxygen atoms in total. The molecule has 3 aromatic rings. The lowest BCUT2D eigenvalue weighted by molar-refractivity contribution is -0.122. The van der Waals surface area contributed by atoms with E-state index in [0.717, 1.165) is 16.3 Å². The van der Waals surface area contributed by atoms with E-state index in [1.807, 2.05) is 60.1 Å². The molecule has 30 heavy (non-hydrogen) atoms. The van der Waals surface area contributed by atoms with Crippen LogP contribution in [-0.2, 0) is 9.59 Å². The van der Waals surface area contributed by atoms with Crippen molar-refractivity contribution < 1.29 is 14.4 Å². The van der Waals surface area contributed by atoms with E-state index in [1.54, 1.807) is 36.4 Å². The van der Waals surface area contributed by atoms with E-state index >= 15 is 0 Å². The topological polar surface area (TPSA) is 74.7 Å². The molecule has 4 rings (SSSR count). The molecule has 150 valence electrons. The Kier molecular flexibility index (Phi) is 4.93. The number of para-hydroxylation sites is 1. The van der Waals surface area contributed by atoms with Crippen LogP contribution in [0.2, 0.25) is 0 Å². The summed E-state index contributed by atoms with van der Waals surface area (Å²) in [5.41, 5.74) is 2.88. The number of benzene rings is 2. The van der Waals surface area contributed by atoms with Crippen LogP contribution >= 0.6 is 0 Å². The first kappa shape index (κ1) is 19.2. The molecule has 0 unspecified atom stereocenters.